The SMILES string of the molecule is COCCNC(=O)C1Cc2cc([N+](=O)[O-])ccc2N2CCN(c3ncccn3)CC12. The minimum atomic E-state index is -0.398. The number of ether oxygens (including phenoxy) is 1. The number of amides is 1. The summed E-state index contributed by atoms with van der Waals surface area (Å²) in [6.07, 6.45) is 3.86. The second kappa shape index (κ2) is 8.62. The van der Waals surface area contributed by atoms with Gasteiger partial charge in [-0.05, 0) is 24.1 Å². The van der Waals surface area contributed by atoms with Crippen LogP contribution in [-0.2, 0) is 16.0 Å². The number of fused-ring (bicyclic) bond motifs is 3. The molecule has 1 amide bonds. The number of benzene rings is 1. The van der Waals surface area contributed by atoms with E-state index in [-0.39, 0.29) is 23.6 Å². The number of nitrogens with zero attached hydrogens (tertiary/aromatic N) is 5. The zero-order valence-electron chi connectivity index (χ0n) is 16.7. The Labute approximate surface area is 174 Å². The van der Waals surface area contributed by atoms with Gasteiger partial charge < -0.3 is 19.9 Å². The van der Waals surface area contributed by atoms with Gasteiger partial charge in [-0.25, -0.2) is 9.97 Å². The standard InChI is InChI=1S/C20H24N6O4/c1-30-10-7-21-19(27)16-12-14-11-15(26(28)29)3-4-17(14)25-9-8-24(13-18(16)25)20-22-5-2-6-23-20/h2-6,11,16,18H,7-10,12-13H2,1H3,(H,21,27). The smallest absolute Gasteiger partial charge is 0.269 e. The number of piperazine rings is 1. The molecule has 3 heterocycles. The average molecular weight is 412 g/mol. The Morgan fingerprint density at radius 2 is 2.13 bits per heavy atom. The van der Waals surface area contributed by atoms with E-state index in [1.165, 1.54) is 6.07 Å². The van der Waals surface area contributed by atoms with Gasteiger partial charge in [-0.1, -0.05) is 0 Å². The summed E-state index contributed by atoms with van der Waals surface area (Å²) in [5.74, 6) is 0.225. The fraction of sp³-hybridized carbons (Fsp3) is 0.450. The molecule has 10 nitrogen and oxygen atoms in total. The van der Waals surface area contributed by atoms with Crippen LogP contribution >= 0.6 is 0 Å². The highest BCUT2D eigenvalue weighted by Crippen LogP contribution is 2.38. The maximum absolute atomic E-state index is 13.0. The average Bonchev–Trinajstić information content (AvgIpc) is 2.78. The van der Waals surface area contributed by atoms with Crippen LogP contribution in [0.25, 0.3) is 0 Å². The summed E-state index contributed by atoms with van der Waals surface area (Å²) < 4.78 is 5.03. The molecule has 2 aliphatic heterocycles. The number of nitro benzene ring substituents is 1. The zero-order chi connectivity index (χ0) is 21.1. The number of non-ortho nitro benzene ring substituents is 1. The molecule has 0 bridgehead atoms. The topological polar surface area (TPSA) is 114 Å². The van der Waals surface area contributed by atoms with Gasteiger partial charge >= 0.3 is 0 Å². The maximum Gasteiger partial charge on any atom is 0.269 e. The molecule has 0 aliphatic carbocycles. The quantitative estimate of drug-likeness (QED) is 0.425. The van der Waals surface area contributed by atoms with Gasteiger partial charge in [0.15, 0.2) is 0 Å². The summed E-state index contributed by atoms with van der Waals surface area (Å²) in [5.41, 5.74) is 1.83. The first-order valence-electron chi connectivity index (χ1n) is 9.91. The lowest BCUT2D eigenvalue weighted by molar-refractivity contribution is -0.384. The van der Waals surface area contributed by atoms with E-state index in [0.717, 1.165) is 11.3 Å². The Kier molecular flexibility index (Phi) is 5.75. The Bertz CT molecular complexity index is 925. The number of rotatable bonds is 6. The van der Waals surface area contributed by atoms with Crippen molar-refractivity contribution in [1.29, 1.82) is 0 Å². The first-order chi connectivity index (χ1) is 14.6. The van der Waals surface area contributed by atoms with E-state index in [9.17, 15) is 14.9 Å². The fourth-order valence-electron chi connectivity index (χ4n) is 4.27. The van der Waals surface area contributed by atoms with E-state index in [4.69, 9.17) is 4.74 Å². The first-order valence-corrected chi connectivity index (χ1v) is 9.91. The lowest BCUT2D eigenvalue weighted by Crippen LogP contribution is -2.61. The molecule has 4 rings (SSSR count). The van der Waals surface area contributed by atoms with Crippen molar-refractivity contribution in [1.82, 2.24) is 15.3 Å². The largest absolute Gasteiger partial charge is 0.383 e. The molecular weight excluding hydrogens is 388 g/mol. The van der Waals surface area contributed by atoms with Crippen molar-refractivity contribution in [3.05, 3.63) is 52.3 Å². The van der Waals surface area contributed by atoms with Crippen LogP contribution in [0.1, 0.15) is 5.56 Å². The lowest BCUT2D eigenvalue weighted by Gasteiger charge is -2.49. The number of anilines is 2. The van der Waals surface area contributed by atoms with Crippen molar-refractivity contribution >= 4 is 23.2 Å². The first kappa shape index (κ1) is 20.0. The molecule has 2 aromatic rings. The second-order valence-corrected chi connectivity index (χ2v) is 7.42. The summed E-state index contributed by atoms with van der Waals surface area (Å²) in [5, 5.41) is 14.2. The van der Waals surface area contributed by atoms with Gasteiger partial charge in [0.2, 0.25) is 11.9 Å². The molecule has 1 fully saturated rings. The predicted octanol–water partition coefficient (Wildman–Crippen LogP) is 1.01. The van der Waals surface area contributed by atoms with Gasteiger partial charge in [-0.2, -0.15) is 0 Å². The highest BCUT2D eigenvalue weighted by Gasteiger charge is 2.42. The van der Waals surface area contributed by atoms with Crippen molar-refractivity contribution in [2.24, 2.45) is 5.92 Å². The summed E-state index contributed by atoms with van der Waals surface area (Å²) in [6, 6.07) is 6.61. The van der Waals surface area contributed by atoms with Gasteiger partial charge in [-0.3, -0.25) is 14.9 Å². The van der Waals surface area contributed by atoms with Crippen LogP contribution in [0.3, 0.4) is 0 Å². The van der Waals surface area contributed by atoms with Crippen molar-refractivity contribution in [3.8, 4) is 0 Å². The summed E-state index contributed by atoms with van der Waals surface area (Å²) in [6.45, 7) is 2.83. The molecule has 1 N–H and O–H groups in total. The van der Waals surface area contributed by atoms with Crippen LogP contribution in [0, 0.1) is 16.0 Å². The number of nitrogens with one attached hydrogen (secondary N) is 1. The van der Waals surface area contributed by atoms with Crippen molar-refractivity contribution in [2.75, 3.05) is 49.7 Å². The highest BCUT2D eigenvalue weighted by atomic mass is 16.6. The molecule has 0 spiro atoms. The molecule has 0 radical (unpaired) electrons. The van der Waals surface area contributed by atoms with Gasteiger partial charge in [0.1, 0.15) is 0 Å². The number of carbonyl (C=O) groups excluding carboxylic acids is 1. The third kappa shape index (κ3) is 3.90. The molecular formula is C20H24N6O4. The number of aromatic nitrogens is 2. The van der Waals surface area contributed by atoms with Crippen molar-refractivity contribution in [2.45, 2.75) is 12.5 Å². The Hall–Kier alpha value is -3.27. The van der Waals surface area contributed by atoms with Crippen LogP contribution in [-0.4, -0.2) is 66.7 Å². The molecule has 2 atom stereocenters. The fourth-order valence-corrected chi connectivity index (χ4v) is 4.27. The van der Waals surface area contributed by atoms with E-state index < -0.39 is 4.92 Å². The van der Waals surface area contributed by atoms with Crippen molar-refractivity contribution < 1.29 is 14.5 Å². The van der Waals surface area contributed by atoms with E-state index in [1.54, 1.807) is 37.7 Å². The van der Waals surface area contributed by atoms with Crippen LogP contribution in [0.15, 0.2) is 36.7 Å². The van der Waals surface area contributed by atoms with E-state index in [2.05, 4.69) is 25.1 Å². The van der Waals surface area contributed by atoms with Crippen LogP contribution in [0.4, 0.5) is 17.3 Å². The number of hydrogen-bond donors (Lipinski definition) is 1. The number of nitro groups is 1. The van der Waals surface area contributed by atoms with Crippen LogP contribution in [0.2, 0.25) is 0 Å². The summed E-state index contributed by atoms with van der Waals surface area (Å²) in [7, 11) is 1.59. The Morgan fingerprint density at radius 3 is 2.87 bits per heavy atom. The molecule has 1 aromatic heterocycles. The van der Waals surface area contributed by atoms with E-state index >= 15 is 0 Å². The monoisotopic (exact) mass is 412 g/mol. The zero-order valence-corrected chi connectivity index (χ0v) is 16.7. The minimum Gasteiger partial charge on any atom is -0.383 e. The third-order valence-corrected chi connectivity index (χ3v) is 5.68. The van der Waals surface area contributed by atoms with Crippen LogP contribution in [0.5, 0.6) is 0 Å². The minimum absolute atomic E-state index is 0.0436. The predicted molar refractivity (Wildman–Crippen MR) is 111 cm³/mol. The normalized spacial score (nSPS) is 20.3. The summed E-state index contributed by atoms with van der Waals surface area (Å²) in [4.78, 5) is 36.8. The van der Waals surface area contributed by atoms with Gasteiger partial charge in [0, 0.05) is 63.5 Å². The van der Waals surface area contributed by atoms with Crippen molar-refractivity contribution in [3.63, 3.8) is 0 Å². The molecule has 1 aromatic carbocycles. The molecule has 2 aliphatic rings. The lowest BCUT2D eigenvalue weighted by atomic mass is 9.83. The number of hydrogen-bond acceptors (Lipinski definition) is 8. The van der Waals surface area contributed by atoms with Gasteiger partial charge in [0.25, 0.3) is 5.69 Å². The summed E-state index contributed by atoms with van der Waals surface area (Å²) >= 11 is 0. The number of methoxy groups -OCH3 is 1. The Balaban J connectivity index is 1.64. The maximum atomic E-state index is 13.0. The second-order valence-electron chi connectivity index (χ2n) is 7.42. The highest BCUT2D eigenvalue weighted by molar-refractivity contribution is 5.82. The molecule has 158 valence electrons. The van der Waals surface area contributed by atoms with E-state index in [1.807, 2.05) is 0 Å². The third-order valence-electron chi connectivity index (χ3n) is 5.68. The molecule has 30 heavy (non-hydrogen) atoms. The van der Waals surface area contributed by atoms with Gasteiger partial charge in [0.05, 0.1) is 23.5 Å². The van der Waals surface area contributed by atoms with Gasteiger partial charge in [-0.15, -0.1) is 0 Å². The number of carbonyl (C=O) groups is 1. The van der Waals surface area contributed by atoms with E-state index in [0.29, 0.717) is 45.2 Å². The van der Waals surface area contributed by atoms with Crippen LogP contribution < -0.4 is 15.1 Å². The Morgan fingerprint density at radius 1 is 1.33 bits per heavy atom. The molecule has 1 saturated heterocycles. The molecule has 2 unspecified atom stereocenters. The molecule has 0 saturated carbocycles. The molecule has 10 heteroatoms.